The number of nitrogens with one attached hydrogen (secondary N) is 1. The largest absolute Gasteiger partial charge is 0.493 e. The average Bonchev–Trinajstić information content (AvgIpc) is 2.76. The van der Waals surface area contributed by atoms with Gasteiger partial charge in [-0.3, -0.25) is 4.79 Å². The third kappa shape index (κ3) is 6.14. The lowest BCUT2D eigenvalue weighted by atomic mass is 9.99. The van der Waals surface area contributed by atoms with E-state index in [9.17, 15) is 4.79 Å². The van der Waals surface area contributed by atoms with Crippen LogP contribution in [0.15, 0.2) is 41.5 Å². The number of hydrogen-bond acceptors (Lipinski definition) is 6. The van der Waals surface area contributed by atoms with E-state index in [-0.39, 0.29) is 12.5 Å². The molecule has 0 saturated heterocycles. The lowest BCUT2D eigenvalue weighted by Crippen LogP contribution is -2.24. The van der Waals surface area contributed by atoms with Crippen molar-refractivity contribution < 1.29 is 23.7 Å². The molecule has 2 aromatic carbocycles. The average molecular weight is 400 g/mol. The van der Waals surface area contributed by atoms with E-state index in [1.54, 1.807) is 12.1 Å². The highest BCUT2D eigenvalue weighted by Crippen LogP contribution is 2.37. The van der Waals surface area contributed by atoms with Gasteiger partial charge in [0, 0.05) is 5.56 Å². The number of rotatable bonds is 10. The van der Waals surface area contributed by atoms with Gasteiger partial charge in [-0.05, 0) is 42.2 Å². The second-order valence-corrected chi connectivity index (χ2v) is 6.42. The zero-order chi connectivity index (χ0) is 21.2. The SMILES string of the molecule is CCC(C)c1ccc(OCC(=O)NN=Cc2cc(OC)c(OC)c(OC)c2)cc1. The molecule has 0 bridgehead atoms. The summed E-state index contributed by atoms with van der Waals surface area (Å²) in [5.41, 5.74) is 4.37. The van der Waals surface area contributed by atoms with Gasteiger partial charge in [0.2, 0.25) is 5.75 Å². The van der Waals surface area contributed by atoms with Crippen LogP contribution in [0.1, 0.15) is 37.3 Å². The zero-order valence-electron chi connectivity index (χ0n) is 17.5. The van der Waals surface area contributed by atoms with E-state index in [4.69, 9.17) is 18.9 Å². The summed E-state index contributed by atoms with van der Waals surface area (Å²) in [6.45, 7) is 4.20. The van der Waals surface area contributed by atoms with Crippen molar-refractivity contribution in [2.75, 3.05) is 27.9 Å². The van der Waals surface area contributed by atoms with Crippen molar-refractivity contribution >= 4 is 12.1 Å². The van der Waals surface area contributed by atoms with Crippen LogP contribution in [0.25, 0.3) is 0 Å². The van der Waals surface area contributed by atoms with E-state index < -0.39 is 0 Å². The third-order valence-corrected chi connectivity index (χ3v) is 4.52. The second kappa shape index (κ2) is 10.9. The van der Waals surface area contributed by atoms with Crippen LogP contribution < -0.4 is 24.4 Å². The Morgan fingerprint density at radius 2 is 1.69 bits per heavy atom. The molecule has 0 aliphatic heterocycles. The molecule has 1 amide bonds. The molecule has 0 aromatic heterocycles. The van der Waals surface area contributed by atoms with Gasteiger partial charge in [0.05, 0.1) is 27.5 Å². The molecule has 0 heterocycles. The predicted molar refractivity (Wildman–Crippen MR) is 112 cm³/mol. The number of amides is 1. The van der Waals surface area contributed by atoms with Crippen LogP contribution in [0, 0.1) is 0 Å². The van der Waals surface area contributed by atoms with Crippen molar-refractivity contribution in [3.8, 4) is 23.0 Å². The van der Waals surface area contributed by atoms with Crippen molar-refractivity contribution in [2.45, 2.75) is 26.2 Å². The first-order valence-electron chi connectivity index (χ1n) is 9.37. The van der Waals surface area contributed by atoms with Gasteiger partial charge in [-0.1, -0.05) is 26.0 Å². The molecule has 156 valence electrons. The highest BCUT2D eigenvalue weighted by atomic mass is 16.5. The fraction of sp³-hybridized carbons (Fsp3) is 0.364. The van der Waals surface area contributed by atoms with Crippen LogP contribution in [-0.2, 0) is 4.79 Å². The van der Waals surface area contributed by atoms with Crippen molar-refractivity contribution in [3.05, 3.63) is 47.5 Å². The van der Waals surface area contributed by atoms with Gasteiger partial charge in [0.15, 0.2) is 18.1 Å². The number of hydrazone groups is 1. The molecule has 0 radical (unpaired) electrons. The van der Waals surface area contributed by atoms with E-state index in [0.717, 1.165) is 6.42 Å². The van der Waals surface area contributed by atoms with Gasteiger partial charge < -0.3 is 18.9 Å². The molecule has 0 spiro atoms. The molecule has 7 heteroatoms. The van der Waals surface area contributed by atoms with Gasteiger partial charge in [-0.15, -0.1) is 0 Å². The standard InChI is InChI=1S/C22H28N2O5/c1-6-15(2)17-7-9-18(10-8-17)29-14-21(25)24-23-13-16-11-19(26-3)22(28-5)20(12-16)27-4/h7-13,15H,6,14H2,1-5H3,(H,24,25). The smallest absolute Gasteiger partial charge is 0.277 e. The van der Waals surface area contributed by atoms with Gasteiger partial charge in [0.1, 0.15) is 5.75 Å². The fourth-order valence-corrected chi connectivity index (χ4v) is 2.66. The maximum Gasteiger partial charge on any atom is 0.277 e. The molecule has 1 N–H and O–H groups in total. The van der Waals surface area contributed by atoms with Crippen molar-refractivity contribution in [1.29, 1.82) is 0 Å². The quantitative estimate of drug-likeness (QED) is 0.485. The molecule has 0 aliphatic rings. The molecular formula is C22H28N2O5. The monoisotopic (exact) mass is 400 g/mol. The normalized spacial score (nSPS) is 11.8. The maximum atomic E-state index is 12.0. The Morgan fingerprint density at radius 3 is 2.21 bits per heavy atom. The Hall–Kier alpha value is -3.22. The number of carbonyl (C=O) groups excluding carboxylic acids is 1. The Kier molecular flexibility index (Phi) is 8.33. The Morgan fingerprint density at radius 1 is 1.07 bits per heavy atom. The van der Waals surface area contributed by atoms with E-state index in [1.807, 2.05) is 24.3 Å². The summed E-state index contributed by atoms with van der Waals surface area (Å²) < 4.78 is 21.4. The molecule has 1 unspecified atom stereocenters. The Bertz CT molecular complexity index is 809. The summed E-state index contributed by atoms with van der Waals surface area (Å²) in [7, 11) is 4.60. The number of methoxy groups -OCH3 is 3. The maximum absolute atomic E-state index is 12.0. The van der Waals surface area contributed by atoms with Crippen molar-refractivity contribution in [3.63, 3.8) is 0 Å². The summed E-state index contributed by atoms with van der Waals surface area (Å²) in [4.78, 5) is 12.0. The van der Waals surface area contributed by atoms with Crippen LogP contribution in [0.3, 0.4) is 0 Å². The topological polar surface area (TPSA) is 78.4 Å². The summed E-state index contributed by atoms with van der Waals surface area (Å²) in [5.74, 6) is 2.27. The molecule has 29 heavy (non-hydrogen) atoms. The molecule has 2 rings (SSSR count). The van der Waals surface area contributed by atoms with E-state index >= 15 is 0 Å². The van der Waals surface area contributed by atoms with Gasteiger partial charge in [0.25, 0.3) is 5.91 Å². The minimum absolute atomic E-state index is 0.130. The van der Waals surface area contributed by atoms with Gasteiger partial charge in [-0.25, -0.2) is 5.43 Å². The summed E-state index contributed by atoms with van der Waals surface area (Å²) in [5, 5.41) is 3.95. The van der Waals surface area contributed by atoms with Crippen LogP contribution >= 0.6 is 0 Å². The minimum Gasteiger partial charge on any atom is -0.493 e. The number of nitrogens with zero attached hydrogens (tertiary/aromatic N) is 1. The Labute approximate surface area is 171 Å². The third-order valence-electron chi connectivity index (χ3n) is 4.52. The number of hydrogen-bond donors (Lipinski definition) is 1. The number of benzene rings is 2. The summed E-state index contributed by atoms with van der Waals surface area (Å²) >= 11 is 0. The lowest BCUT2D eigenvalue weighted by Gasteiger charge is -2.12. The highest BCUT2D eigenvalue weighted by molar-refractivity contribution is 5.84. The number of ether oxygens (including phenoxy) is 4. The minimum atomic E-state index is -0.361. The van der Waals surface area contributed by atoms with Crippen LogP contribution in [-0.4, -0.2) is 40.1 Å². The summed E-state index contributed by atoms with van der Waals surface area (Å²) in [6.07, 6.45) is 2.57. The van der Waals surface area contributed by atoms with E-state index in [0.29, 0.717) is 34.5 Å². The first-order valence-corrected chi connectivity index (χ1v) is 9.37. The fourth-order valence-electron chi connectivity index (χ4n) is 2.66. The molecule has 0 aliphatic carbocycles. The second-order valence-electron chi connectivity index (χ2n) is 6.42. The van der Waals surface area contributed by atoms with E-state index in [2.05, 4.69) is 24.4 Å². The summed E-state index contributed by atoms with van der Waals surface area (Å²) in [6, 6.07) is 11.2. The number of carbonyl (C=O) groups is 1. The molecular weight excluding hydrogens is 372 g/mol. The van der Waals surface area contributed by atoms with Crippen LogP contribution in [0.4, 0.5) is 0 Å². The molecule has 2 aromatic rings. The first-order chi connectivity index (χ1) is 14.0. The molecule has 0 fully saturated rings. The van der Waals surface area contributed by atoms with E-state index in [1.165, 1.54) is 33.1 Å². The molecule has 0 saturated carbocycles. The van der Waals surface area contributed by atoms with Crippen LogP contribution in [0.5, 0.6) is 23.0 Å². The predicted octanol–water partition coefficient (Wildman–Crippen LogP) is 3.76. The van der Waals surface area contributed by atoms with Crippen molar-refractivity contribution in [2.24, 2.45) is 5.10 Å². The van der Waals surface area contributed by atoms with Gasteiger partial charge in [-0.2, -0.15) is 5.10 Å². The van der Waals surface area contributed by atoms with Gasteiger partial charge >= 0.3 is 0 Å². The molecule has 7 nitrogen and oxygen atoms in total. The zero-order valence-corrected chi connectivity index (χ0v) is 17.5. The highest BCUT2D eigenvalue weighted by Gasteiger charge is 2.12. The molecule has 1 atom stereocenters. The van der Waals surface area contributed by atoms with Crippen LogP contribution in [0.2, 0.25) is 0 Å². The first kappa shape index (κ1) is 22.1. The van der Waals surface area contributed by atoms with Crippen molar-refractivity contribution in [1.82, 2.24) is 5.43 Å². The lowest BCUT2D eigenvalue weighted by molar-refractivity contribution is -0.123. The Balaban J connectivity index is 1.91.